The third-order valence-electron chi connectivity index (χ3n) is 5.78. The Balaban J connectivity index is 1.36. The van der Waals surface area contributed by atoms with Crippen LogP contribution in [0.4, 0.5) is 0 Å². The molecule has 3 aliphatic rings. The zero-order valence-corrected chi connectivity index (χ0v) is 15.8. The Morgan fingerprint density at radius 2 is 2.08 bits per heavy atom. The summed E-state index contributed by atoms with van der Waals surface area (Å²) in [5.41, 5.74) is 3.98. The maximum Gasteiger partial charge on any atom is 0.254 e. The summed E-state index contributed by atoms with van der Waals surface area (Å²) in [6.07, 6.45) is 3.91. The van der Waals surface area contributed by atoms with Gasteiger partial charge in [-0.05, 0) is 48.2 Å². The zero-order chi connectivity index (χ0) is 17.9. The van der Waals surface area contributed by atoms with Gasteiger partial charge in [-0.25, -0.2) is 0 Å². The van der Waals surface area contributed by atoms with Crippen LogP contribution in [0.5, 0.6) is 0 Å². The molecule has 1 saturated carbocycles. The van der Waals surface area contributed by atoms with Crippen LogP contribution in [0.2, 0.25) is 0 Å². The lowest BCUT2D eigenvalue weighted by molar-refractivity contribution is -0.132. The van der Waals surface area contributed by atoms with Gasteiger partial charge in [0.15, 0.2) is 0 Å². The largest absolute Gasteiger partial charge is 0.331 e. The monoisotopic (exact) mass is 411 g/mol. The molecule has 2 aliphatic heterocycles. The highest BCUT2D eigenvalue weighted by molar-refractivity contribution is 9.10. The van der Waals surface area contributed by atoms with Crippen molar-refractivity contribution in [2.75, 3.05) is 13.1 Å². The van der Waals surface area contributed by atoms with E-state index in [-0.39, 0.29) is 23.8 Å². The second-order valence-electron chi connectivity index (χ2n) is 7.49. The van der Waals surface area contributed by atoms with Gasteiger partial charge in [-0.2, -0.15) is 0 Å². The molecule has 1 spiro atoms. The smallest absolute Gasteiger partial charge is 0.254 e. The molecule has 3 heterocycles. The van der Waals surface area contributed by atoms with Gasteiger partial charge in [-0.1, -0.05) is 22.0 Å². The predicted octanol–water partition coefficient (Wildman–Crippen LogP) is 2.87. The summed E-state index contributed by atoms with van der Waals surface area (Å²) in [4.78, 5) is 33.6. The van der Waals surface area contributed by atoms with E-state index in [0.29, 0.717) is 19.6 Å². The lowest BCUT2D eigenvalue weighted by Crippen LogP contribution is -2.48. The molecule has 2 amide bonds. The minimum atomic E-state index is -0.0341. The van der Waals surface area contributed by atoms with Crippen molar-refractivity contribution in [1.29, 1.82) is 0 Å². The summed E-state index contributed by atoms with van der Waals surface area (Å²) in [5.74, 6) is -0.0408. The maximum atomic E-state index is 12.9. The molecule has 1 aromatic heterocycles. The number of carbonyl (C=O) groups excluding carboxylic acids is 2. The van der Waals surface area contributed by atoms with Crippen molar-refractivity contribution >= 4 is 27.7 Å². The van der Waals surface area contributed by atoms with E-state index in [1.54, 1.807) is 16.0 Å². The number of fused-ring (bicyclic) bond motifs is 3. The average Bonchev–Trinajstić information content (AvgIpc) is 3.27. The van der Waals surface area contributed by atoms with Gasteiger partial charge in [0.2, 0.25) is 5.91 Å². The summed E-state index contributed by atoms with van der Waals surface area (Å²) in [6.45, 7) is 1.90. The third kappa shape index (κ3) is 2.47. The van der Waals surface area contributed by atoms with Crippen LogP contribution in [-0.4, -0.2) is 39.7 Å². The molecule has 0 bridgehead atoms. The Hall–Kier alpha value is -2.21. The summed E-state index contributed by atoms with van der Waals surface area (Å²) in [6, 6.07) is 9.76. The molecule has 132 valence electrons. The Morgan fingerprint density at radius 1 is 1.23 bits per heavy atom. The normalized spacial score (nSPS) is 19.5. The second kappa shape index (κ2) is 5.64. The molecule has 26 heavy (non-hydrogen) atoms. The molecule has 0 atom stereocenters. The van der Waals surface area contributed by atoms with Gasteiger partial charge in [0.1, 0.15) is 6.54 Å². The lowest BCUT2D eigenvalue weighted by atomic mass is 9.86. The van der Waals surface area contributed by atoms with Gasteiger partial charge in [0.25, 0.3) is 5.91 Å². The molecule has 0 saturated heterocycles. The molecule has 0 radical (unpaired) electrons. The maximum absolute atomic E-state index is 12.9. The van der Waals surface area contributed by atoms with Crippen molar-refractivity contribution in [2.24, 2.45) is 0 Å². The third-order valence-corrected chi connectivity index (χ3v) is 6.28. The van der Waals surface area contributed by atoms with Crippen LogP contribution in [0, 0.1) is 0 Å². The number of pyridine rings is 1. The molecule has 1 fully saturated rings. The molecule has 1 aliphatic carbocycles. The molecular formula is C20H18BrN3O2. The quantitative estimate of drug-likeness (QED) is 0.763. The van der Waals surface area contributed by atoms with Gasteiger partial charge in [-0.15, -0.1) is 0 Å². The van der Waals surface area contributed by atoms with Crippen LogP contribution < -0.4 is 0 Å². The summed E-state index contributed by atoms with van der Waals surface area (Å²) < 4.78 is 1.00. The van der Waals surface area contributed by atoms with Crippen LogP contribution >= 0.6 is 15.9 Å². The number of amides is 2. The van der Waals surface area contributed by atoms with E-state index in [1.165, 1.54) is 0 Å². The number of hydrogen-bond acceptors (Lipinski definition) is 3. The molecule has 5 nitrogen and oxygen atoms in total. The predicted molar refractivity (Wildman–Crippen MR) is 99.4 cm³/mol. The molecule has 1 aromatic carbocycles. The molecule has 6 heteroatoms. The van der Waals surface area contributed by atoms with Crippen LogP contribution in [0.1, 0.15) is 40.0 Å². The van der Waals surface area contributed by atoms with Crippen LogP contribution in [-0.2, 0) is 23.3 Å². The minimum absolute atomic E-state index is 0.00675. The first-order chi connectivity index (χ1) is 12.6. The van der Waals surface area contributed by atoms with E-state index in [9.17, 15) is 9.59 Å². The Bertz CT molecular complexity index is 913. The van der Waals surface area contributed by atoms with Crippen LogP contribution in [0.3, 0.4) is 0 Å². The van der Waals surface area contributed by atoms with Crippen molar-refractivity contribution in [3.05, 3.63) is 63.4 Å². The first kappa shape index (κ1) is 16.0. The Morgan fingerprint density at radius 3 is 2.85 bits per heavy atom. The van der Waals surface area contributed by atoms with E-state index in [1.807, 2.05) is 24.3 Å². The second-order valence-corrected chi connectivity index (χ2v) is 8.41. The highest BCUT2D eigenvalue weighted by Crippen LogP contribution is 2.52. The fraction of sp³-hybridized carbons (Fsp3) is 0.350. The van der Waals surface area contributed by atoms with Gasteiger partial charge in [0.05, 0.1) is 12.2 Å². The van der Waals surface area contributed by atoms with Crippen molar-refractivity contribution in [1.82, 2.24) is 14.8 Å². The van der Waals surface area contributed by atoms with Gasteiger partial charge in [-0.3, -0.25) is 14.6 Å². The van der Waals surface area contributed by atoms with Crippen molar-refractivity contribution in [2.45, 2.75) is 31.3 Å². The molecule has 0 N–H and O–H groups in total. The number of aromatic nitrogens is 1. The zero-order valence-electron chi connectivity index (χ0n) is 14.2. The van der Waals surface area contributed by atoms with Crippen LogP contribution in [0.25, 0.3) is 0 Å². The highest BCUT2D eigenvalue weighted by atomic mass is 79.9. The van der Waals surface area contributed by atoms with E-state index in [0.717, 1.165) is 39.7 Å². The number of carbonyl (C=O) groups is 2. The fourth-order valence-corrected chi connectivity index (χ4v) is 4.54. The number of halogens is 1. The number of nitrogens with zero attached hydrogens (tertiary/aromatic N) is 3. The Labute approximate surface area is 160 Å². The summed E-state index contributed by atoms with van der Waals surface area (Å²) in [7, 11) is 0. The van der Waals surface area contributed by atoms with Crippen molar-refractivity contribution in [3.8, 4) is 0 Å². The number of hydrogen-bond donors (Lipinski definition) is 0. The van der Waals surface area contributed by atoms with Crippen molar-refractivity contribution in [3.63, 3.8) is 0 Å². The van der Waals surface area contributed by atoms with Gasteiger partial charge in [0, 0.05) is 34.7 Å². The molecule has 5 rings (SSSR count). The molecule has 0 unspecified atom stereocenters. The summed E-state index contributed by atoms with van der Waals surface area (Å²) in [5, 5.41) is 0. The summed E-state index contributed by atoms with van der Waals surface area (Å²) >= 11 is 3.51. The molecular weight excluding hydrogens is 394 g/mol. The number of benzene rings is 1. The SMILES string of the molecule is O=C(CN1CC2(CC2)c2cc(Br)ccc2C1=O)N1Cc2cccnc2C1. The highest BCUT2D eigenvalue weighted by Gasteiger charge is 2.51. The minimum Gasteiger partial charge on any atom is -0.331 e. The number of rotatable bonds is 2. The molecule has 2 aromatic rings. The Kier molecular flexibility index (Phi) is 3.47. The van der Waals surface area contributed by atoms with E-state index in [2.05, 4.69) is 27.0 Å². The van der Waals surface area contributed by atoms with Gasteiger partial charge >= 0.3 is 0 Å². The van der Waals surface area contributed by atoms with E-state index < -0.39 is 0 Å². The fourth-order valence-electron chi connectivity index (χ4n) is 4.18. The average molecular weight is 412 g/mol. The lowest BCUT2D eigenvalue weighted by Gasteiger charge is -2.35. The van der Waals surface area contributed by atoms with Gasteiger partial charge < -0.3 is 9.80 Å². The van der Waals surface area contributed by atoms with Crippen molar-refractivity contribution < 1.29 is 9.59 Å². The van der Waals surface area contributed by atoms with E-state index >= 15 is 0 Å². The topological polar surface area (TPSA) is 53.5 Å². The first-order valence-electron chi connectivity index (χ1n) is 8.86. The standard InChI is InChI=1S/C20H18BrN3O2/c21-14-3-4-15-16(8-14)20(5-6-20)12-24(19(15)26)11-18(25)23-9-13-2-1-7-22-17(13)10-23/h1-4,7-8H,5-6,9-12H2. The first-order valence-corrected chi connectivity index (χ1v) is 9.65. The van der Waals surface area contributed by atoms with Crippen LogP contribution in [0.15, 0.2) is 41.0 Å². The van der Waals surface area contributed by atoms with E-state index in [4.69, 9.17) is 0 Å².